The van der Waals surface area contributed by atoms with Crippen LogP contribution in [0.4, 0.5) is 5.13 Å². The number of imidazole rings is 1. The Morgan fingerprint density at radius 2 is 2.22 bits per heavy atom. The first-order valence-electron chi connectivity index (χ1n) is 10.5. The van der Waals surface area contributed by atoms with Crippen LogP contribution >= 0.6 is 34.9 Å². The van der Waals surface area contributed by atoms with Crippen molar-refractivity contribution in [3.63, 3.8) is 0 Å². The molecule has 2 aliphatic heterocycles. The van der Waals surface area contributed by atoms with Crippen LogP contribution in [0.2, 0.25) is 0 Å². The molecule has 12 nitrogen and oxygen atoms in total. The number of thiazole rings is 1. The summed E-state index contributed by atoms with van der Waals surface area (Å²) in [6.45, 7) is 0. The summed E-state index contributed by atoms with van der Waals surface area (Å²) in [6.07, 6.45) is 3.51. The number of nitrogens with one attached hydrogen (secondary N) is 1. The minimum atomic E-state index is -1.44. The zero-order valence-corrected chi connectivity index (χ0v) is 24.1. The molecular weight excluding hydrogens is 549 g/mol. The predicted molar refractivity (Wildman–Crippen MR) is 133 cm³/mol. The molecule has 37 heavy (non-hydrogen) atoms. The van der Waals surface area contributed by atoms with E-state index >= 15 is 0 Å². The van der Waals surface area contributed by atoms with Gasteiger partial charge in [-0.05, 0) is 17.7 Å². The summed E-state index contributed by atoms with van der Waals surface area (Å²) in [7, 11) is 1.28. The van der Waals surface area contributed by atoms with Gasteiger partial charge in [0.05, 0.1) is 16.7 Å². The van der Waals surface area contributed by atoms with Crippen molar-refractivity contribution < 1.29 is 53.9 Å². The van der Waals surface area contributed by atoms with Gasteiger partial charge >= 0.3 is 29.6 Å². The van der Waals surface area contributed by atoms with Crippen LogP contribution in [0.25, 0.3) is 5.65 Å². The number of carboxylic acids is 1. The van der Waals surface area contributed by atoms with Crippen molar-refractivity contribution >= 4 is 69.1 Å². The van der Waals surface area contributed by atoms with Crippen LogP contribution in [0.15, 0.2) is 57.4 Å². The van der Waals surface area contributed by atoms with Crippen LogP contribution in [0.3, 0.4) is 0 Å². The van der Waals surface area contributed by atoms with Gasteiger partial charge in [-0.25, -0.2) is 9.97 Å². The summed E-state index contributed by atoms with van der Waals surface area (Å²) in [5, 5.41) is 20.5. The Hall–Kier alpha value is -2.56. The number of fused-ring (bicyclic) bond motifs is 2. The van der Waals surface area contributed by atoms with E-state index in [0.717, 1.165) is 22.0 Å². The number of carboxylic acid groups (broad SMARTS) is 1. The SMILES string of the molecule is CO/N=C(\C(=O)N[C@@H]1C(=O)N2C(C(=O)[O-])=C(CSc3cccc4nccn34)CS[C@H]12)c1csc(N)n1.[Na+]. The van der Waals surface area contributed by atoms with Gasteiger partial charge in [0.25, 0.3) is 11.8 Å². The van der Waals surface area contributed by atoms with Crippen molar-refractivity contribution in [2.24, 2.45) is 5.16 Å². The molecule has 3 N–H and O–H groups in total. The molecule has 3 aromatic heterocycles. The number of hydrogen-bond donors (Lipinski definition) is 2. The number of carbonyl (C=O) groups excluding carboxylic acids is 3. The zero-order chi connectivity index (χ0) is 25.4. The smallest absolute Gasteiger partial charge is 0.543 e. The molecule has 0 saturated carbocycles. The quantitative estimate of drug-likeness (QED) is 0.0937. The molecule has 1 fully saturated rings. The molecule has 2 atom stereocenters. The van der Waals surface area contributed by atoms with E-state index in [9.17, 15) is 19.5 Å². The molecule has 0 bridgehead atoms. The summed E-state index contributed by atoms with van der Waals surface area (Å²) in [5.41, 5.74) is 6.90. The van der Waals surface area contributed by atoms with Crippen molar-refractivity contribution in [3.8, 4) is 0 Å². The van der Waals surface area contributed by atoms with Gasteiger partial charge < -0.3 is 25.8 Å². The average molecular weight is 568 g/mol. The molecule has 186 valence electrons. The maximum atomic E-state index is 13.0. The Kier molecular flexibility index (Phi) is 8.50. The third-order valence-corrected chi connectivity index (χ3v) is 8.61. The molecule has 0 aromatic carbocycles. The maximum Gasteiger partial charge on any atom is 1.00 e. The number of oxime groups is 1. The monoisotopic (exact) mass is 567 g/mol. The van der Waals surface area contributed by atoms with Crippen LogP contribution in [0, 0.1) is 0 Å². The van der Waals surface area contributed by atoms with Crippen molar-refractivity contribution in [1.29, 1.82) is 0 Å². The second-order valence-electron chi connectivity index (χ2n) is 7.60. The summed E-state index contributed by atoms with van der Waals surface area (Å²) in [6, 6.07) is 4.71. The molecule has 2 aliphatic rings. The Bertz CT molecular complexity index is 1440. The topological polar surface area (TPSA) is 167 Å². The van der Waals surface area contributed by atoms with E-state index in [1.165, 1.54) is 35.5 Å². The van der Waals surface area contributed by atoms with Crippen LogP contribution in [0.1, 0.15) is 5.69 Å². The normalized spacial score (nSPS) is 19.2. The number of anilines is 1. The van der Waals surface area contributed by atoms with Gasteiger partial charge in [-0.15, -0.1) is 34.9 Å². The van der Waals surface area contributed by atoms with Crippen LogP contribution in [-0.4, -0.2) is 72.8 Å². The van der Waals surface area contributed by atoms with Crippen molar-refractivity contribution in [2.75, 3.05) is 24.3 Å². The number of rotatable bonds is 8. The number of nitrogens with zero attached hydrogens (tertiary/aromatic N) is 5. The van der Waals surface area contributed by atoms with Crippen LogP contribution in [0.5, 0.6) is 0 Å². The number of nitrogen functional groups attached to an aromatic ring is 1. The van der Waals surface area contributed by atoms with E-state index in [-0.39, 0.29) is 51.8 Å². The van der Waals surface area contributed by atoms with Gasteiger partial charge in [0.1, 0.15) is 29.9 Å². The van der Waals surface area contributed by atoms with E-state index in [1.54, 1.807) is 11.6 Å². The Morgan fingerprint density at radius 1 is 1.41 bits per heavy atom. The molecule has 3 aromatic rings. The minimum Gasteiger partial charge on any atom is -0.543 e. The second kappa shape index (κ2) is 11.4. The van der Waals surface area contributed by atoms with Gasteiger partial charge in [-0.1, -0.05) is 11.2 Å². The fraction of sp³-hybridized carbons (Fsp3) is 0.238. The largest absolute Gasteiger partial charge is 1.00 e. The number of nitrogens with two attached hydrogens (primary N) is 1. The first-order valence-corrected chi connectivity index (χ1v) is 13.4. The molecule has 2 amide bonds. The number of aliphatic carboxylic acids is 1. The number of aromatic nitrogens is 3. The van der Waals surface area contributed by atoms with E-state index in [2.05, 4.69) is 20.4 Å². The molecule has 0 aliphatic carbocycles. The number of amides is 2. The Balaban J connectivity index is 0.00000320. The van der Waals surface area contributed by atoms with E-state index < -0.39 is 29.2 Å². The number of β-lactam (4-membered cyclic amide) rings is 1. The molecule has 1 saturated heterocycles. The van der Waals surface area contributed by atoms with Crippen molar-refractivity contribution in [1.82, 2.24) is 24.6 Å². The standard InChI is InChI=1S/C21H19N7O5S3.Na/c1-33-26-14(11-9-36-21(22)24-11)17(29)25-15-18(30)28-16(20(31)32)10(8-35-19(15)28)7-34-13-4-2-3-12-23-5-6-27(12)13;/h2-6,9,15,19H,7-8H2,1H3,(H2,22,24)(H,25,29)(H,31,32);/q;+1/p-1/b26-14-;/t15-,19-;/m1./s1. The second-order valence-corrected chi connectivity index (χ2v) is 10.6. The number of pyridine rings is 1. The van der Waals surface area contributed by atoms with Gasteiger partial charge in [0.2, 0.25) is 0 Å². The number of carbonyl (C=O) groups is 3. The molecule has 0 radical (unpaired) electrons. The van der Waals surface area contributed by atoms with Gasteiger partial charge in [-0.3, -0.25) is 18.9 Å². The minimum absolute atomic E-state index is 0. The molecular formula is C21H18N7NaO5S3. The van der Waals surface area contributed by atoms with Crippen molar-refractivity contribution in [2.45, 2.75) is 16.4 Å². The summed E-state index contributed by atoms with van der Waals surface area (Å²) >= 11 is 3.93. The van der Waals surface area contributed by atoms with E-state index in [1.807, 2.05) is 28.8 Å². The number of thioether (sulfide) groups is 2. The molecule has 0 unspecified atom stereocenters. The molecule has 5 rings (SSSR count). The fourth-order valence-electron chi connectivity index (χ4n) is 3.88. The van der Waals surface area contributed by atoms with Crippen molar-refractivity contribution in [3.05, 3.63) is 52.9 Å². The number of hydrogen-bond acceptors (Lipinski definition) is 12. The first kappa shape index (κ1) is 27.5. The van der Waals surface area contributed by atoms with Gasteiger partial charge in [0.15, 0.2) is 10.8 Å². The first-order chi connectivity index (χ1) is 17.4. The maximum absolute atomic E-state index is 13.0. The Morgan fingerprint density at radius 3 is 2.92 bits per heavy atom. The van der Waals surface area contributed by atoms with Gasteiger partial charge in [0, 0.05) is 29.3 Å². The molecule has 16 heteroatoms. The summed E-state index contributed by atoms with van der Waals surface area (Å²) in [4.78, 5) is 52.1. The fourth-order valence-corrected chi connectivity index (χ4v) is 6.94. The third-order valence-electron chi connectivity index (χ3n) is 5.47. The molecule has 5 heterocycles. The summed E-state index contributed by atoms with van der Waals surface area (Å²) < 4.78 is 1.90. The van der Waals surface area contributed by atoms with E-state index in [0.29, 0.717) is 17.1 Å². The molecule has 0 spiro atoms. The van der Waals surface area contributed by atoms with Gasteiger partial charge in [-0.2, -0.15) is 0 Å². The predicted octanol–water partition coefficient (Wildman–Crippen LogP) is -3.08. The Labute approximate surface area is 245 Å². The third kappa shape index (κ3) is 5.24. The van der Waals surface area contributed by atoms with Crippen LogP contribution < -0.4 is 45.7 Å². The zero-order valence-electron chi connectivity index (χ0n) is 19.6. The average Bonchev–Trinajstić information content (AvgIpc) is 3.52. The summed E-state index contributed by atoms with van der Waals surface area (Å²) in [5.74, 6) is -1.96. The van der Waals surface area contributed by atoms with Crippen LogP contribution in [-0.2, 0) is 19.2 Å². The van der Waals surface area contributed by atoms with E-state index in [4.69, 9.17) is 10.6 Å².